The standard InChI is InChI=1S/C17H30N4O/c1-5-6-7-8-10-14(2)20-17(18-3)19-13-15-11-9-12-16(21-15)22-4/h9,11-12,14H,5-8,10,13H2,1-4H3,(H2,18,19,20). The van der Waals surface area contributed by atoms with Crippen LogP contribution in [-0.2, 0) is 6.54 Å². The lowest BCUT2D eigenvalue weighted by Crippen LogP contribution is -2.41. The van der Waals surface area contributed by atoms with E-state index in [4.69, 9.17) is 4.74 Å². The van der Waals surface area contributed by atoms with Gasteiger partial charge in [0.15, 0.2) is 5.96 Å². The Balaban J connectivity index is 2.35. The molecule has 0 saturated heterocycles. The van der Waals surface area contributed by atoms with E-state index in [0.717, 1.165) is 18.1 Å². The molecule has 1 rings (SSSR count). The molecule has 1 atom stereocenters. The first-order valence-corrected chi connectivity index (χ1v) is 8.16. The molecule has 0 amide bonds. The molecule has 0 saturated carbocycles. The van der Waals surface area contributed by atoms with E-state index in [2.05, 4.69) is 34.5 Å². The smallest absolute Gasteiger partial charge is 0.213 e. The van der Waals surface area contributed by atoms with Gasteiger partial charge in [0.05, 0.1) is 19.3 Å². The van der Waals surface area contributed by atoms with Crippen LogP contribution in [0.2, 0.25) is 0 Å². The third-order valence-electron chi connectivity index (χ3n) is 3.52. The fourth-order valence-electron chi connectivity index (χ4n) is 2.22. The van der Waals surface area contributed by atoms with Crippen LogP contribution in [0, 0.1) is 0 Å². The van der Waals surface area contributed by atoms with Crippen molar-refractivity contribution < 1.29 is 4.74 Å². The predicted molar refractivity (Wildman–Crippen MR) is 92.3 cm³/mol. The molecule has 0 spiro atoms. The Bertz CT molecular complexity index is 448. The number of pyridine rings is 1. The lowest BCUT2D eigenvalue weighted by molar-refractivity contribution is 0.396. The maximum absolute atomic E-state index is 5.13. The normalized spacial score (nSPS) is 12.8. The lowest BCUT2D eigenvalue weighted by atomic mass is 10.1. The molecule has 0 fully saturated rings. The molecule has 0 aliphatic rings. The Hall–Kier alpha value is -1.78. The molecule has 0 aromatic carbocycles. The molecule has 1 heterocycles. The number of ether oxygens (including phenoxy) is 1. The number of aromatic nitrogens is 1. The summed E-state index contributed by atoms with van der Waals surface area (Å²) in [5.41, 5.74) is 0.929. The number of guanidine groups is 1. The molecule has 2 N–H and O–H groups in total. The van der Waals surface area contributed by atoms with Crippen molar-refractivity contribution >= 4 is 5.96 Å². The van der Waals surface area contributed by atoms with Crippen molar-refractivity contribution in [3.63, 3.8) is 0 Å². The average Bonchev–Trinajstić information content (AvgIpc) is 2.55. The molecule has 1 unspecified atom stereocenters. The first kappa shape index (κ1) is 18.3. The first-order chi connectivity index (χ1) is 10.7. The molecule has 0 bridgehead atoms. The van der Waals surface area contributed by atoms with Crippen molar-refractivity contribution in [3.05, 3.63) is 23.9 Å². The monoisotopic (exact) mass is 306 g/mol. The minimum Gasteiger partial charge on any atom is -0.481 e. The molecule has 22 heavy (non-hydrogen) atoms. The van der Waals surface area contributed by atoms with Crippen molar-refractivity contribution in [3.8, 4) is 5.88 Å². The Morgan fingerprint density at radius 3 is 2.82 bits per heavy atom. The number of methoxy groups -OCH3 is 1. The maximum Gasteiger partial charge on any atom is 0.213 e. The fourth-order valence-corrected chi connectivity index (χ4v) is 2.22. The van der Waals surface area contributed by atoms with Gasteiger partial charge in [-0.05, 0) is 19.4 Å². The highest BCUT2D eigenvalue weighted by Crippen LogP contribution is 2.07. The molecule has 0 aliphatic carbocycles. The van der Waals surface area contributed by atoms with Gasteiger partial charge in [-0.2, -0.15) is 0 Å². The summed E-state index contributed by atoms with van der Waals surface area (Å²) in [6.07, 6.45) is 6.33. The summed E-state index contributed by atoms with van der Waals surface area (Å²) in [4.78, 5) is 8.64. The molecule has 1 aromatic heterocycles. The van der Waals surface area contributed by atoms with Crippen molar-refractivity contribution in [2.45, 2.75) is 58.5 Å². The molecule has 5 heteroatoms. The van der Waals surface area contributed by atoms with Crippen molar-refractivity contribution in [1.82, 2.24) is 15.6 Å². The molecular weight excluding hydrogens is 276 g/mol. The van der Waals surface area contributed by atoms with Gasteiger partial charge in [0, 0.05) is 19.2 Å². The van der Waals surface area contributed by atoms with Gasteiger partial charge in [-0.15, -0.1) is 0 Å². The largest absolute Gasteiger partial charge is 0.481 e. The van der Waals surface area contributed by atoms with Gasteiger partial charge < -0.3 is 15.4 Å². The van der Waals surface area contributed by atoms with Gasteiger partial charge in [-0.3, -0.25) is 4.99 Å². The zero-order chi connectivity index (χ0) is 16.2. The summed E-state index contributed by atoms with van der Waals surface area (Å²) in [6.45, 7) is 5.06. The number of unbranched alkanes of at least 4 members (excludes halogenated alkanes) is 3. The highest BCUT2D eigenvalue weighted by molar-refractivity contribution is 5.79. The summed E-state index contributed by atoms with van der Waals surface area (Å²) in [6, 6.07) is 6.17. The summed E-state index contributed by atoms with van der Waals surface area (Å²) in [5, 5.41) is 6.71. The molecule has 0 radical (unpaired) electrons. The molecular formula is C17H30N4O. The van der Waals surface area contributed by atoms with E-state index in [1.165, 1.54) is 25.7 Å². The highest BCUT2D eigenvalue weighted by atomic mass is 16.5. The fraction of sp³-hybridized carbons (Fsp3) is 0.647. The lowest BCUT2D eigenvalue weighted by Gasteiger charge is -2.17. The van der Waals surface area contributed by atoms with Crippen LogP contribution in [0.1, 0.15) is 51.6 Å². The van der Waals surface area contributed by atoms with Gasteiger partial charge in [-0.25, -0.2) is 4.98 Å². The number of nitrogens with one attached hydrogen (secondary N) is 2. The second-order valence-corrected chi connectivity index (χ2v) is 5.49. The third kappa shape index (κ3) is 7.29. The van der Waals surface area contributed by atoms with E-state index < -0.39 is 0 Å². The van der Waals surface area contributed by atoms with Gasteiger partial charge in [0.1, 0.15) is 0 Å². The third-order valence-corrected chi connectivity index (χ3v) is 3.52. The van der Waals surface area contributed by atoms with Gasteiger partial charge in [-0.1, -0.05) is 38.7 Å². The minimum atomic E-state index is 0.418. The number of hydrogen-bond acceptors (Lipinski definition) is 3. The summed E-state index contributed by atoms with van der Waals surface area (Å²) < 4.78 is 5.13. The van der Waals surface area contributed by atoms with Crippen LogP contribution in [0.3, 0.4) is 0 Å². The average molecular weight is 306 g/mol. The minimum absolute atomic E-state index is 0.418. The van der Waals surface area contributed by atoms with Crippen LogP contribution in [-0.4, -0.2) is 31.1 Å². The Labute approximate surface area is 134 Å². The molecule has 1 aromatic rings. The zero-order valence-electron chi connectivity index (χ0n) is 14.4. The van der Waals surface area contributed by atoms with Crippen LogP contribution in [0.5, 0.6) is 5.88 Å². The van der Waals surface area contributed by atoms with E-state index in [1.807, 2.05) is 18.2 Å². The van der Waals surface area contributed by atoms with E-state index in [0.29, 0.717) is 18.5 Å². The zero-order valence-corrected chi connectivity index (χ0v) is 14.4. The van der Waals surface area contributed by atoms with E-state index in [9.17, 15) is 0 Å². The predicted octanol–water partition coefficient (Wildman–Crippen LogP) is 3.11. The maximum atomic E-state index is 5.13. The highest BCUT2D eigenvalue weighted by Gasteiger charge is 2.05. The molecule has 0 aliphatic heterocycles. The Morgan fingerprint density at radius 1 is 1.32 bits per heavy atom. The second kappa shape index (κ2) is 10.9. The van der Waals surface area contributed by atoms with Gasteiger partial charge >= 0.3 is 0 Å². The van der Waals surface area contributed by atoms with Crippen LogP contribution in [0.25, 0.3) is 0 Å². The van der Waals surface area contributed by atoms with Gasteiger partial charge in [0.2, 0.25) is 5.88 Å². The summed E-state index contributed by atoms with van der Waals surface area (Å²) in [7, 11) is 3.42. The second-order valence-electron chi connectivity index (χ2n) is 5.49. The SMILES string of the molecule is CCCCCCC(C)NC(=NC)NCc1cccc(OC)n1. The van der Waals surface area contributed by atoms with Crippen LogP contribution < -0.4 is 15.4 Å². The van der Waals surface area contributed by atoms with Crippen molar-refractivity contribution in [2.24, 2.45) is 4.99 Å². The van der Waals surface area contributed by atoms with Crippen molar-refractivity contribution in [1.29, 1.82) is 0 Å². The quantitative estimate of drug-likeness (QED) is 0.418. The molecule has 124 valence electrons. The van der Waals surface area contributed by atoms with Crippen molar-refractivity contribution in [2.75, 3.05) is 14.2 Å². The number of aliphatic imine (C=N–C) groups is 1. The van der Waals surface area contributed by atoms with Gasteiger partial charge in [0.25, 0.3) is 0 Å². The van der Waals surface area contributed by atoms with Crippen LogP contribution >= 0.6 is 0 Å². The first-order valence-electron chi connectivity index (χ1n) is 8.16. The van der Waals surface area contributed by atoms with Crippen LogP contribution in [0.4, 0.5) is 0 Å². The number of hydrogen-bond donors (Lipinski definition) is 2. The number of nitrogens with zero attached hydrogens (tertiary/aromatic N) is 2. The Morgan fingerprint density at radius 2 is 2.14 bits per heavy atom. The Kier molecular flexibility index (Phi) is 9.03. The summed E-state index contributed by atoms with van der Waals surface area (Å²) >= 11 is 0. The van der Waals surface area contributed by atoms with E-state index in [-0.39, 0.29) is 0 Å². The number of rotatable bonds is 9. The topological polar surface area (TPSA) is 58.5 Å². The molecule has 5 nitrogen and oxygen atoms in total. The van der Waals surface area contributed by atoms with E-state index in [1.54, 1.807) is 14.2 Å². The van der Waals surface area contributed by atoms with E-state index >= 15 is 0 Å². The van der Waals surface area contributed by atoms with Crippen LogP contribution in [0.15, 0.2) is 23.2 Å². The summed E-state index contributed by atoms with van der Waals surface area (Å²) in [5.74, 6) is 1.44.